The van der Waals surface area contributed by atoms with Gasteiger partial charge in [-0.2, -0.15) is 0 Å². The number of hydrogen-bond donors (Lipinski definition) is 2. The number of hydrogen-bond acceptors (Lipinski definition) is 4. The molecule has 0 saturated carbocycles. The van der Waals surface area contributed by atoms with E-state index >= 15 is 0 Å². The Hall–Kier alpha value is -1.63. The molecule has 116 valence electrons. The lowest BCUT2D eigenvalue weighted by atomic mass is 10.2. The monoisotopic (exact) mass is 317 g/mol. The van der Waals surface area contributed by atoms with E-state index in [0.29, 0.717) is 5.75 Å². The highest BCUT2D eigenvalue weighted by Crippen LogP contribution is 2.25. The van der Waals surface area contributed by atoms with Gasteiger partial charge in [-0.05, 0) is 11.5 Å². The van der Waals surface area contributed by atoms with Crippen LogP contribution in [-0.4, -0.2) is 54.9 Å². The van der Waals surface area contributed by atoms with Crippen LogP contribution >= 0.6 is 11.8 Å². The first-order chi connectivity index (χ1) is 10.7. The van der Waals surface area contributed by atoms with Gasteiger partial charge >= 0.3 is 0 Å². The number of pyridine rings is 1. The molecule has 1 aromatic heterocycles. The molecule has 0 radical (unpaired) electrons. The molecule has 1 aliphatic heterocycles. The lowest BCUT2D eigenvalue weighted by Gasteiger charge is -2.30. The van der Waals surface area contributed by atoms with E-state index in [-0.39, 0.29) is 5.91 Å². The second-order valence-electron chi connectivity index (χ2n) is 5.61. The molecule has 3 rings (SSSR count). The number of nitrogens with one attached hydrogen (secondary N) is 2. The largest absolute Gasteiger partial charge is 0.335 e. The van der Waals surface area contributed by atoms with Crippen molar-refractivity contribution in [3.63, 3.8) is 0 Å². The summed E-state index contributed by atoms with van der Waals surface area (Å²) in [6, 6.07) is 10.1. The molecule has 0 atom stereocenters. The van der Waals surface area contributed by atoms with Gasteiger partial charge in [-0.25, -0.2) is 9.99 Å². The standard InChI is InChI=1S/C16H20N4OS/c1-19-8-10-20(11-9-19)18-15(21)12-22-16-14-5-3-2-4-13(14)6-7-17-16/h2-7H,8-12H2,1H3,(H,18,21)/p+1. The number of fused-ring (bicyclic) bond motifs is 1. The first kappa shape index (κ1) is 15.3. The summed E-state index contributed by atoms with van der Waals surface area (Å²) in [7, 11) is 2.18. The molecule has 0 bridgehead atoms. The number of quaternary nitrogens is 1. The second-order valence-corrected chi connectivity index (χ2v) is 6.57. The molecule has 22 heavy (non-hydrogen) atoms. The third-order valence-corrected chi connectivity index (χ3v) is 4.88. The Kier molecular flexibility index (Phi) is 4.92. The van der Waals surface area contributed by atoms with Crippen LogP contribution in [0.2, 0.25) is 0 Å². The summed E-state index contributed by atoms with van der Waals surface area (Å²) in [6.07, 6.45) is 1.80. The highest BCUT2D eigenvalue weighted by molar-refractivity contribution is 8.00. The van der Waals surface area contributed by atoms with Gasteiger partial charge in [-0.3, -0.25) is 10.2 Å². The third-order valence-electron chi connectivity index (χ3n) is 3.88. The van der Waals surface area contributed by atoms with Crippen molar-refractivity contribution in [2.24, 2.45) is 0 Å². The summed E-state index contributed by atoms with van der Waals surface area (Å²) in [6.45, 7) is 3.96. The number of amides is 1. The summed E-state index contributed by atoms with van der Waals surface area (Å²) in [5, 5.41) is 5.19. The van der Waals surface area contributed by atoms with Crippen LogP contribution in [0.4, 0.5) is 0 Å². The minimum atomic E-state index is 0.0410. The predicted molar refractivity (Wildman–Crippen MR) is 88.8 cm³/mol. The second kappa shape index (κ2) is 7.09. The zero-order chi connectivity index (χ0) is 15.4. The van der Waals surface area contributed by atoms with Gasteiger partial charge in [-0.15, -0.1) is 0 Å². The number of carbonyl (C=O) groups excluding carboxylic acids is 1. The van der Waals surface area contributed by atoms with Crippen molar-refractivity contribution in [3.8, 4) is 0 Å². The summed E-state index contributed by atoms with van der Waals surface area (Å²) >= 11 is 1.49. The molecule has 2 heterocycles. The van der Waals surface area contributed by atoms with E-state index < -0.39 is 0 Å². The Morgan fingerprint density at radius 2 is 2.09 bits per heavy atom. The van der Waals surface area contributed by atoms with E-state index in [2.05, 4.69) is 23.5 Å². The maximum absolute atomic E-state index is 12.1. The van der Waals surface area contributed by atoms with Crippen molar-refractivity contribution in [1.29, 1.82) is 0 Å². The zero-order valence-corrected chi connectivity index (χ0v) is 13.5. The normalized spacial score (nSPS) is 16.8. The minimum Gasteiger partial charge on any atom is -0.335 e. The zero-order valence-electron chi connectivity index (χ0n) is 12.7. The third kappa shape index (κ3) is 3.76. The molecule has 2 N–H and O–H groups in total. The molecule has 5 nitrogen and oxygen atoms in total. The van der Waals surface area contributed by atoms with Crippen LogP contribution in [0.1, 0.15) is 0 Å². The summed E-state index contributed by atoms with van der Waals surface area (Å²) in [5.74, 6) is 0.430. The van der Waals surface area contributed by atoms with Gasteiger partial charge in [0.15, 0.2) is 0 Å². The molecule has 1 aliphatic rings. The van der Waals surface area contributed by atoms with Crippen LogP contribution in [0.25, 0.3) is 10.8 Å². The average molecular weight is 317 g/mol. The molecule has 0 unspecified atom stereocenters. The van der Waals surface area contributed by atoms with Crippen molar-refractivity contribution < 1.29 is 9.69 Å². The van der Waals surface area contributed by atoms with Crippen LogP contribution < -0.4 is 10.3 Å². The Balaban J connectivity index is 1.56. The number of piperazine rings is 1. The lowest BCUT2D eigenvalue weighted by molar-refractivity contribution is -0.884. The van der Waals surface area contributed by atoms with Crippen molar-refractivity contribution in [3.05, 3.63) is 36.5 Å². The summed E-state index contributed by atoms with van der Waals surface area (Å²) in [4.78, 5) is 18.0. The quantitative estimate of drug-likeness (QED) is 0.791. The van der Waals surface area contributed by atoms with Crippen LogP contribution in [0, 0.1) is 0 Å². The fourth-order valence-corrected chi connectivity index (χ4v) is 3.36. The molecule has 1 saturated heterocycles. The molecule has 2 aromatic rings. The molecule has 1 fully saturated rings. The van der Waals surface area contributed by atoms with Crippen molar-refractivity contribution in [1.82, 2.24) is 15.4 Å². The SMILES string of the molecule is C[NH+]1CCN(NC(=O)CSc2nccc3ccccc23)CC1. The smallest absolute Gasteiger partial charge is 0.244 e. The number of aromatic nitrogens is 1. The van der Waals surface area contributed by atoms with Gasteiger partial charge in [0.2, 0.25) is 5.91 Å². The number of hydrazine groups is 1. The van der Waals surface area contributed by atoms with E-state index in [9.17, 15) is 4.79 Å². The number of carbonyl (C=O) groups is 1. The maximum Gasteiger partial charge on any atom is 0.244 e. The molecule has 0 spiro atoms. The van der Waals surface area contributed by atoms with E-state index in [0.717, 1.165) is 42.0 Å². The van der Waals surface area contributed by atoms with Crippen molar-refractivity contribution >= 4 is 28.4 Å². The fourth-order valence-electron chi connectivity index (χ4n) is 2.55. The topological polar surface area (TPSA) is 49.7 Å². The molecular weight excluding hydrogens is 296 g/mol. The predicted octanol–water partition coefficient (Wildman–Crippen LogP) is 0.188. The van der Waals surface area contributed by atoms with Gasteiger partial charge in [0, 0.05) is 11.6 Å². The lowest BCUT2D eigenvalue weighted by Crippen LogP contribution is -3.12. The minimum absolute atomic E-state index is 0.0410. The van der Waals surface area contributed by atoms with Crippen LogP contribution in [0.5, 0.6) is 0 Å². The highest BCUT2D eigenvalue weighted by Gasteiger charge is 2.18. The Bertz CT molecular complexity index is 650. The van der Waals surface area contributed by atoms with Gasteiger partial charge in [0.1, 0.15) is 5.03 Å². The van der Waals surface area contributed by atoms with Gasteiger partial charge in [0.05, 0.1) is 39.0 Å². The van der Waals surface area contributed by atoms with Crippen LogP contribution in [-0.2, 0) is 4.79 Å². The van der Waals surface area contributed by atoms with Crippen LogP contribution in [0.15, 0.2) is 41.6 Å². The van der Waals surface area contributed by atoms with Crippen molar-refractivity contribution in [2.45, 2.75) is 5.03 Å². The Morgan fingerprint density at radius 1 is 1.32 bits per heavy atom. The number of rotatable bonds is 4. The first-order valence-electron chi connectivity index (χ1n) is 7.54. The van der Waals surface area contributed by atoms with Crippen molar-refractivity contribution in [2.75, 3.05) is 39.0 Å². The molecule has 6 heteroatoms. The molecule has 1 amide bonds. The Labute approximate surface area is 134 Å². The number of likely N-dealkylation sites (N-methyl/N-ethyl adjacent to an activating group) is 1. The number of benzene rings is 1. The molecule has 0 aliphatic carbocycles. The first-order valence-corrected chi connectivity index (χ1v) is 8.53. The highest BCUT2D eigenvalue weighted by atomic mass is 32.2. The number of thioether (sulfide) groups is 1. The van der Waals surface area contributed by atoms with E-state index in [4.69, 9.17) is 0 Å². The average Bonchev–Trinajstić information content (AvgIpc) is 2.55. The van der Waals surface area contributed by atoms with E-state index in [1.165, 1.54) is 16.7 Å². The van der Waals surface area contributed by atoms with Gasteiger partial charge in [-0.1, -0.05) is 36.0 Å². The van der Waals surface area contributed by atoms with E-state index in [1.807, 2.05) is 29.3 Å². The number of nitrogens with zero attached hydrogens (tertiary/aromatic N) is 2. The fraction of sp³-hybridized carbons (Fsp3) is 0.375. The maximum atomic E-state index is 12.1. The summed E-state index contributed by atoms with van der Waals surface area (Å²) < 4.78 is 0. The summed E-state index contributed by atoms with van der Waals surface area (Å²) in [5.41, 5.74) is 2.99. The molecule has 1 aromatic carbocycles. The molecular formula is C16H21N4OS+. The van der Waals surface area contributed by atoms with Gasteiger partial charge < -0.3 is 4.90 Å². The van der Waals surface area contributed by atoms with Crippen LogP contribution in [0.3, 0.4) is 0 Å². The van der Waals surface area contributed by atoms with Gasteiger partial charge in [0.25, 0.3) is 0 Å². The van der Waals surface area contributed by atoms with E-state index in [1.54, 1.807) is 6.20 Å². The Morgan fingerprint density at radius 3 is 2.91 bits per heavy atom.